The van der Waals surface area contributed by atoms with E-state index in [1.165, 1.54) is 37.1 Å². The van der Waals surface area contributed by atoms with Crippen LogP contribution in [-0.2, 0) is 4.79 Å². The van der Waals surface area contributed by atoms with E-state index in [2.05, 4.69) is 10.3 Å². The van der Waals surface area contributed by atoms with Crippen LogP contribution in [0.15, 0.2) is 42.6 Å². The van der Waals surface area contributed by atoms with Gasteiger partial charge < -0.3 is 15.0 Å². The van der Waals surface area contributed by atoms with Crippen LogP contribution in [-0.4, -0.2) is 46.9 Å². The first-order valence-electron chi connectivity index (χ1n) is 11.3. The summed E-state index contributed by atoms with van der Waals surface area (Å²) in [4.78, 5) is 31.8. The highest BCUT2D eigenvalue weighted by Crippen LogP contribution is 2.29. The van der Waals surface area contributed by atoms with E-state index < -0.39 is 5.60 Å². The Morgan fingerprint density at radius 2 is 1.91 bits per heavy atom. The number of aromatic nitrogens is 1. The lowest BCUT2D eigenvalue weighted by molar-refractivity contribution is -0.146. The summed E-state index contributed by atoms with van der Waals surface area (Å²) in [5, 5.41) is 2.95. The summed E-state index contributed by atoms with van der Waals surface area (Å²) >= 11 is 0. The number of benzene rings is 1. The number of nitrogens with zero attached hydrogens (tertiary/aromatic N) is 2. The molecule has 1 aromatic carbocycles. The number of likely N-dealkylation sites (tertiary alicyclic amines) is 1. The highest BCUT2D eigenvalue weighted by atomic mass is 19.1. The number of piperidine rings is 1. The Labute approximate surface area is 188 Å². The van der Waals surface area contributed by atoms with Crippen molar-refractivity contribution in [2.75, 3.05) is 19.6 Å². The van der Waals surface area contributed by atoms with Crippen molar-refractivity contribution in [2.24, 2.45) is 5.92 Å². The molecule has 1 aliphatic heterocycles. The summed E-state index contributed by atoms with van der Waals surface area (Å²) in [7, 11) is 0. The number of amides is 2. The van der Waals surface area contributed by atoms with Gasteiger partial charge in [-0.2, -0.15) is 0 Å². The molecule has 2 aliphatic rings. The van der Waals surface area contributed by atoms with Crippen LogP contribution in [0.25, 0.3) is 0 Å². The summed E-state index contributed by atoms with van der Waals surface area (Å²) in [5.41, 5.74) is 0.377. The third kappa shape index (κ3) is 5.44. The molecule has 6 nitrogen and oxygen atoms in total. The van der Waals surface area contributed by atoms with E-state index in [0.29, 0.717) is 30.3 Å². The van der Waals surface area contributed by atoms with Gasteiger partial charge in [0.05, 0.1) is 5.56 Å². The van der Waals surface area contributed by atoms with Gasteiger partial charge in [0, 0.05) is 37.4 Å². The number of hydrogen-bond acceptors (Lipinski definition) is 4. The molecule has 0 bridgehead atoms. The number of hydrogen-bond donors (Lipinski definition) is 1. The summed E-state index contributed by atoms with van der Waals surface area (Å²) in [6.45, 7) is 5.41. The zero-order valence-corrected chi connectivity index (χ0v) is 18.6. The summed E-state index contributed by atoms with van der Waals surface area (Å²) in [5.74, 6) is 0.652. The van der Waals surface area contributed by atoms with Crippen molar-refractivity contribution in [3.8, 4) is 5.75 Å². The van der Waals surface area contributed by atoms with Crippen LogP contribution >= 0.6 is 0 Å². The Balaban J connectivity index is 1.37. The maximum Gasteiger partial charge on any atom is 0.266 e. The van der Waals surface area contributed by atoms with E-state index in [1.807, 2.05) is 17.0 Å². The van der Waals surface area contributed by atoms with Crippen LogP contribution in [0.3, 0.4) is 0 Å². The molecule has 1 saturated carbocycles. The van der Waals surface area contributed by atoms with Gasteiger partial charge in [0.1, 0.15) is 11.6 Å². The van der Waals surface area contributed by atoms with E-state index in [0.717, 1.165) is 25.1 Å². The van der Waals surface area contributed by atoms with Gasteiger partial charge >= 0.3 is 0 Å². The second kappa shape index (κ2) is 9.27. The van der Waals surface area contributed by atoms with Gasteiger partial charge in [0.2, 0.25) is 0 Å². The second-order valence-electron chi connectivity index (χ2n) is 9.28. The molecular formula is C25H30FN3O3. The van der Waals surface area contributed by atoms with Crippen molar-refractivity contribution < 1.29 is 18.7 Å². The predicted octanol–water partition coefficient (Wildman–Crippen LogP) is 3.92. The summed E-state index contributed by atoms with van der Waals surface area (Å²) < 4.78 is 19.0. The van der Waals surface area contributed by atoms with Crippen molar-refractivity contribution in [3.63, 3.8) is 0 Å². The minimum Gasteiger partial charge on any atom is -0.478 e. The normalized spacial score (nSPS) is 18.8. The zero-order chi connectivity index (χ0) is 22.7. The zero-order valence-electron chi connectivity index (χ0n) is 18.6. The maximum absolute atomic E-state index is 13.2. The van der Waals surface area contributed by atoms with E-state index in [-0.39, 0.29) is 23.5 Å². The molecular weight excluding hydrogens is 409 g/mol. The average molecular weight is 440 g/mol. The van der Waals surface area contributed by atoms with Crippen LogP contribution in [0.2, 0.25) is 0 Å². The summed E-state index contributed by atoms with van der Waals surface area (Å²) in [6.07, 6.45) is 5.82. The van der Waals surface area contributed by atoms with Gasteiger partial charge in [-0.15, -0.1) is 0 Å². The monoisotopic (exact) mass is 439 g/mol. The fourth-order valence-corrected chi connectivity index (χ4v) is 4.07. The Morgan fingerprint density at radius 1 is 1.16 bits per heavy atom. The number of rotatable bonds is 7. The molecule has 2 fully saturated rings. The third-order valence-electron chi connectivity index (χ3n) is 6.13. The molecule has 1 aliphatic carbocycles. The van der Waals surface area contributed by atoms with Crippen molar-refractivity contribution in [1.29, 1.82) is 0 Å². The first kappa shape index (κ1) is 22.2. The van der Waals surface area contributed by atoms with Gasteiger partial charge in [-0.1, -0.05) is 0 Å². The molecule has 0 spiro atoms. The SMILES string of the molecule is CC(C)(Oc1ccc(F)cc1)C(=O)N1CCC[C@@H](c2ccc(C(=O)NCC3CC3)cn2)C1. The lowest BCUT2D eigenvalue weighted by atomic mass is 9.92. The van der Waals surface area contributed by atoms with Gasteiger partial charge in [-0.05, 0) is 81.8 Å². The third-order valence-corrected chi connectivity index (χ3v) is 6.13. The Kier molecular flexibility index (Phi) is 6.44. The van der Waals surface area contributed by atoms with Gasteiger partial charge in [0.15, 0.2) is 5.60 Å². The van der Waals surface area contributed by atoms with Crippen LogP contribution < -0.4 is 10.1 Å². The molecule has 1 atom stereocenters. The number of pyridine rings is 1. The largest absolute Gasteiger partial charge is 0.478 e. The van der Waals surface area contributed by atoms with Crippen LogP contribution in [0.4, 0.5) is 4.39 Å². The first-order chi connectivity index (χ1) is 15.3. The van der Waals surface area contributed by atoms with Gasteiger partial charge in [-0.25, -0.2) is 4.39 Å². The van der Waals surface area contributed by atoms with Gasteiger partial charge in [-0.3, -0.25) is 14.6 Å². The second-order valence-corrected chi connectivity index (χ2v) is 9.28. The lowest BCUT2D eigenvalue weighted by Gasteiger charge is -2.37. The Bertz CT molecular complexity index is 955. The van der Waals surface area contributed by atoms with Crippen molar-refractivity contribution in [3.05, 3.63) is 59.7 Å². The Hall–Kier alpha value is -2.96. The minimum atomic E-state index is -1.07. The molecule has 2 aromatic rings. The topological polar surface area (TPSA) is 71.5 Å². The number of carbonyl (C=O) groups is 2. The van der Waals surface area contributed by atoms with Crippen molar-refractivity contribution >= 4 is 11.8 Å². The van der Waals surface area contributed by atoms with Crippen LogP contribution in [0, 0.1) is 11.7 Å². The number of halogens is 1. The molecule has 2 heterocycles. The number of carbonyl (C=O) groups excluding carboxylic acids is 2. The molecule has 7 heteroatoms. The molecule has 0 radical (unpaired) electrons. The molecule has 4 rings (SSSR count). The molecule has 2 amide bonds. The smallest absolute Gasteiger partial charge is 0.266 e. The fourth-order valence-electron chi connectivity index (χ4n) is 4.07. The molecule has 1 N–H and O–H groups in total. The fraction of sp³-hybridized carbons (Fsp3) is 0.480. The number of ether oxygens (including phenoxy) is 1. The summed E-state index contributed by atoms with van der Waals surface area (Å²) in [6, 6.07) is 9.38. The van der Waals surface area contributed by atoms with E-state index in [9.17, 15) is 14.0 Å². The first-order valence-corrected chi connectivity index (χ1v) is 11.3. The molecule has 1 saturated heterocycles. The van der Waals surface area contributed by atoms with E-state index in [1.54, 1.807) is 20.0 Å². The average Bonchev–Trinajstić information content (AvgIpc) is 3.63. The van der Waals surface area contributed by atoms with Crippen LogP contribution in [0.5, 0.6) is 5.75 Å². The quantitative estimate of drug-likeness (QED) is 0.710. The molecule has 170 valence electrons. The van der Waals surface area contributed by atoms with E-state index in [4.69, 9.17) is 4.74 Å². The maximum atomic E-state index is 13.2. The Morgan fingerprint density at radius 3 is 2.56 bits per heavy atom. The predicted molar refractivity (Wildman–Crippen MR) is 119 cm³/mol. The van der Waals surface area contributed by atoms with Gasteiger partial charge in [0.25, 0.3) is 11.8 Å². The lowest BCUT2D eigenvalue weighted by Crippen LogP contribution is -2.51. The van der Waals surface area contributed by atoms with E-state index >= 15 is 0 Å². The number of nitrogens with one attached hydrogen (secondary N) is 1. The van der Waals surface area contributed by atoms with Crippen LogP contribution in [0.1, 0.15) is 61.5 Å². The highest BCUT2D eigenvalue weighted by molar-refractivity contribution is 5.93. The van der Waals surface area contributed by atoms with Crippen molar-refractivity contribution in [2.45, 2.75) is 51.0 Å². The molecule has 32 heavy (non-hydrogen) atoms. The highest BCUT2D eigenvalue weighted by Gasteiger charge is 2.37. The minimum absolute atomic E-state index is 0.0870. The van der Waals surface area contributed by atoms with Crippen molar-refractivity contribution in [1.82, 2.24) is 15.2 Å². The standard InChI is InChI=1S/C25H30FN3O3/c1-25(2,32-21-10-8-20(26)9-11-21)24(31)29-13-3-4-19(16-29)22-12-7-18(15-27-22)23(30)28-14-17-5-6-17/h7-12,15,17,19H,3-6,13-14,16H2,1-2H3,(H,28,30)/t19-/m1/s1. The molecule has 0 unspecified atom stereocenters. The molecule has 1 aromatic heterocycles.